The number of carboxylic acids is 1. The first-order chi connectivity index (χ1) is 7.99. The van der Waals surface area contributed by atoms with E-state index >= 15 is 0 Å². The number of aromatic carboxylic acids is 1. The molecule has 0 aliphatic carbocycles. The lowest BCUT2D eigenvalue weighted by Gasteiger charge is -2.01. The summed E-state index contributed by atoms with van der Waals surface area (Å²) in [4.78, 5) is 10.6. The minimum atomic E-state index is -1.29. The van der Waals surface area contributed by atoms with E-state index in [1.165, 1.54) is 6.07 Å². The fourth-order valence-corrected chi connectivity index (χ4v) is 1.58. The monoisotopic (exact) mass is 301 g/mol. The zero-order valence-corrected chi connectivity index (χ0v) is 9.73. The molecular formula is C10H5BrFNO4. The Labute approximate surface area is 103 Å². The predicted molar refractivity (Wildman–Crippen MR) is 58.2 cm³/mol. The number of hydrogen-bond donors (Lipinski definition) is 2. The van der Waals surface area contributed by atoms with Crippen molar-refractivity contribution in [3.63, 3.8) is 0 Å². The summed E-state index contributed by atoms with van der Waals surface area (Å²) in [5, 5.41) is 21.3. The molecule has 5 nitrogen and oxygen atoms in total. The van der Waals surface area contributed by atoms with Crippen LogP contribution in [0.5, 0.6) is 5.75 Å². The van der Waals surface area contributed by atoms with E-state index in [0.29, 0.717) is 0 Å². The van der Waals surface area contributed by atoms with Gasteiger partial charge in [0.05, 0.1) is 4.47 Å². The Kier molecular flexibility index (Phi) is 2.84. The van der Waals surface area contributed by atoms with Crippen molar-refractivity contribution >= 4 is 21.9 Å². The first-order valence-electron chi connectivity index (χ1n) is 4.37. The molecule has 0 spiro atoms. The molecule has 2 N–H and O–H groups in total. The van der Waals surface area contributed by atoms with Gasteiger partial charge in [-0.1, -0.05) is 5.16 Å². The number of hydrogen-bond acceptors (Lipinski definition) is 4. The molecule has 1 aromatic heterocycles. The van der Waals surface area contributed by atoms with Gasteiger partial charge < -0.3 is 14.7 Å². The Morgan fingerprint density at radius 2 is 2.12 bits per heavy atom. The summed E-state index contributed by atoms with van der Waals surface area (Å²) in [7, 11) is 0. The summed E-state index contributed by atoms with van der Waals surface area (Å²) >= 11 is 3.02. The van der Waals surface area contributed by atoms with Crippen LogP contribution in [-0.2, 0) is 0 Å². The summed E-state index contributed by atoms with van der Waals surface area (Å²) in [6.45, 7) is 0. The highest BCUT2D eigenvalue weighted by Gasteiger charge is 2.16. The standard InChI is InChI=1S/C10H5BrFNO4/c11-5-1-4(6(12)2-8(5)14)7-3-9(10(15)16)17-13-7/h1-3,14H,(H,15,16). The van der Waals surface area contributed by atoms with E-state index in [2.05, 4.69) is 25.6 Å². The van der Waals surface area contributed by atoms with Gasteiger partial charge in [-0.3, -0.25) is 0 Å². The molecule has 88 valence electrons. The molecule has 0 atom stereocenters. The number of benzene rings is 1. The summed E-state index contributed by atoms with van der Waals surface area (Å²) in [5.74, 6) is -2.66. The van der Waals surface area contributed by atoms with Gasteiger partial charge in [-0.2, -0.15) is 0 Å². The smallest absolute Gasteiger partial charge is 0.374 e. The number of rotatable bonds is 2. The topological polar surface area (TPSA) is 83.6 Å². The third-order valence-electron chi connectivity index (χ3n) is 2.03. The summed E-state index contributed by atoms with van der Waals surface area (Å²) < 4.78 is 18.3. The van der Waals surface area contributed by atoms with Crippen LogP contribution in [-0.4, -0.2) is 21.3 Å². The number of aromatic nitrogens is 1. The molecule has 0 radical (unpaired) electrons. The van der Waals surface area contributed by atoms with Crippen LogP contribution >= 0.6 is 15.9 Å². The van der Waals surface area contributed by atoms with E-state index in [9.17, 15) is 14.3 Å². The van der Waals surface area contributed by atoms with Crippen molar-refractivity contribution in [1.82, 2.24) is 5.16 Å². The number of halogens is 2. The lowest BCUT2D eigenvalue weighted by Crippen LogP contribution is -1.91. The van der Waals surface area contributed by atoms with Crippen LogP contribution in [0.1, 0.15) is 10.6 Å². The molecule has 2 aromatic rings. The highest BCUT2D eigenvalue weighted by Crippen LogP contribution is 2.32. The van der Waals surface area contributed by atoms with Crippen molar-refractivity contribution in [3.05, 3.63) is 34.2 Å². The zero-order chi connectivity index (χ0) is 12.6. The molecule has 17 heavy (non-hydrogen) atoms. The maximum Gasteiger partial charge on any atom is 0.374 e. The quantitative estimate of drug-likeness (QED) is 0.891. The Morgan fingerprint density at radius 1 is 1.41 bits per heavy atom. The van der Waals surface area contributed by atoms with E-state index in [-0.39, 0.29) is 27.2 Å². The molecule has 0 unspecified atom stereocenters. The minimum absolute atomic E-state index is 0.0333. The van der Waals surface area contributed by atoms with Crippen LogP contribution in [0.15, 0.2) is 27.2 Å². The SMILES string of the molecule is O=C(O)c1cc(-c2cc(Br)c(O)cc2F)no1. The number of phenolic OH excluding ortho intramolecular Hbond substituents is 1. The van der Waals surface area contributed by atoms with Crippen molar-refractivity contribution in [1.29, 1.82) is 0 Å². The van der Waals surface area contributed by atoms with E-state index in [1.807, 2.05) is 0 Å². The molecule has 0 amide bonds. The highest BCUT2D eigenvalue weighted by atomic mass is 79.9. The van der Waals surface area contributed by atoms with E-state index < -0.39 is 11.8 Å². The van der Waals surface area contributed by atoms with Gasteiger partial charge in [0.2, 0.25) is 5.76 Å². The third-order valence-corrected chi connectivity index (χ3v) is 2.67. The van der Waals surface area contributed by atoms with Crippen molar-refractivity contribution in [2.24, 2.45) is 0 Å². The number of phenols is 1. The summed E-state index contributed by atoms with van der Waals surface area (Å²) in [6, 6.07) is 3.28. The molecule has 7 heteroatoms. The van der Waals surface area contributed by atoms with Gasteiger partial charge >= 0.3 is 5.97 Å². The minimum Gasteiger partial charge on any atom is -0.507 e. The predicted octanol–water partition coefficient (Wildman–Crippen LogP) is 2.65. The highest BCUT2D eigenvalue weighted by molar-refractivity contribution is 9.10. The van der Waals surface area contributed by atoms with Crippen LogP contribution in [0.25, 0.3) is 11.3 Å². The molecular weight excluding hydrogens is 297 g/mol. The first kappa shape index (κ1) is 11.6. The van der Waals surface area contributed by atoms with Crippen LogP contribution in [0, 0.1) is 5.82 Å². The second-order valence-corrected chi connectivity index (χ2v) is 4.02. The normalized spacial score (nSPS) is 10.5. The molecule has 0 aliphatic heterocycles. The maximum absolute atomic E-state index is 13.5. The van der Waals surface area contributed by atoms with Crippen molar-refractivity contribution in [2.75, 3.05) is 0 Å². The van der Waals surface area contributed by atoms with Gasteiger partial charge in [0, 0.05) is 17.7 Å². The van der Waals surface area contributed by atoms with Crippen LogP contribution < -0.4 is 0 Å². The van der Waals surface area contributed by atoms with Gasteiger partial charge in [0.1, 0.15) is 17.3 Å². The van der Waals surface area contributed by atoms with E-state index in [0.717, 1.165) is 12.1 Å². The lowest BCUT2D eigenvalue weighted by molar-refractivity contribution is 0.0652. The van der Waals surface area contributed by atoms with E-state index in [4.69, 9.17) is 5.11 Å². The van der Waals surface area contributed by atoms with E-state index in [1.54, 1.807) is 0 Å². The van der Waals surface area contributed by atoms with Gasteiger partial charge in [0.25, 0.3) is 0 Å². The van der Waals surface area contributed by atoms with Gasteiger partial charge in [-0.15, -0.1) is 0 Å². The van der Waals surface area contributed by atoms with Gasteiger partial charge in [-0.05, 0) is 22.0 Å². The zero-order valence-electron chi connectivity index (χ0n) is 8.15. The van der Waals surface area contributed by atoms with Crippen molar-refractivity contribution in [3.8, 4) is 17.0 Å². The number of nitrogens with zero attached hydrogens (tertiary/aromatic N) is 1. The average Bonchev–Trinajstić information content (AvgIpc) is 2.72. The second kappa shape index (κ2) is 4.17. The molecule has 2 rings (SSSR count). The Hall–Kier alpha value is -1.89. The van der Waals surface area contributed by atoms with Crippen molar-refractivity contribution in [2.45, 2.75) is 0 Å². The first-order valence-corrected chi connectivity index (χ1v) is 5.16. The Bertz CT molecular complexity index is 596. The van der Waals surface area contributed by atoms with Gasteiger partial charge in [0.15, 0.2) is 0 Å². The van der Waals surface area contributed by atoms with Crippen LogP contribution in [0.3, 0.4) is 0 Å². The Balaban J connectivity index is 2.52. The number of carboxylic acid groups (broad SMARTS) is 1. The molecule has 0 bridgehead atoms. The third kappa shape index (κ3) is 2.14. The number of aromatic hydroxyl groups is 1. The summed E-state index contributed by atoms with van der Waals surface area (Å²) in [5.41, 5.74) is 0.0755. The average molecular weight is 302 g/mol. The molecule has 0 saturated heterocycles. The second-order valence-electron chi connectivity index (χ2n) is 3.17. The maximum atomic E-state index is 13.5. The van der Waals surface area contributed by atoms with Crippen LogP contribution in [0.4, 0.5) is 4.39 Å². The fourth-order valence-electron chi connectivity index (χ4n) is 1.24. The Morgan fingerprint density at radius 3 is 2.71 bits per heavy atom. The van der Waals surface area contributed by atoms with Gasteiger partial charge in [-0.25, -0.2) is 9.18 Å². The van der Waals surface area contributed by atoms with Crippen molar-refractivity contribution < 1.29 is 23.9 Å². The number of carbonyl (C=O) groups is 1. The molecule has 1 heterocycles. The molecule has 0 aliphatic rings. The molecule has 0 fully saturated rings. The molecule has 1 aromatic carbocycles. The largest absolute Gasteiger partial charge is 0.507 e. The van der Waals surface area contributed by atoms with Crippen LogP contribution in [0.2, 0.25) is 0 Å². The molecule has 0 saturated carbocycles. The fraction of sp³-hybridized carbons (Fsp3) is 0. The lowest BCUT2D eigenvalue weighted by atomic mass is 10.1. The summed E-state index contributed by atoms with van der Waals surface area (Å²) in [6.07, 6.45) is 0.